The largest absolute Gasteiger partial charge is 0.469 e. The lowest BCUT2D eigenvalue weighted by Crippen LogP contribution is -2.24. The Bertz CT molecular complexity index is 606. The van der Waals surface area contributed by atoms with Crippen LogP contribution in [0.15, 0.2) is 24.5 Å². The normalized spacial score (nSPS) is 10.4. The van der Waals surface area contributed by atoms with Gasteiger partial charge in [0.1, 0.15) is 0 Å². The molecule has 1 heterocycles. The summed E-state index contributed by atoms with van der Waals surface area (Å²) in [5, 5.41) is 2.82. The molecule has 106 valence electrons. The fraction of sp³-hybridized carbons (Fsp3) is 0.357. The fourth-order valence-corrected chi connectivity index (χ4v) is 1.88. The molecule has 2 N–H and O–H groups in total. The number of rotatable bonds is 6. The van der Waals surface area contributed by atoms with Gasteiger partial charge in [-0.3, -0.25) is 9.59 Å². The van der Waals surface area contributed by atoms with Crippen LogP contribution < -0.4 is 5.32 Å². The van der Waals surface area contributed by atoms with E-state index in [4.69, 9.17) is 0 Å². The molecule has 0 spiro atoms. The van der Waals surface area contributed by atoms with Crippen LogP contribution in [0.3, 0.4) is 0 Å². The summed E-state index contributed by atoms with van der Waals surface area (Å²) >= 11 is 0. The molecule has 1 aromatic heterocycles. The Balaban J connectivity index is 1.78. The van der Waals surface area contributed by atoms with E-state index in [0.29, 0.717) is 24.9 Å². The summed E-state index contributed by atoms with van der Waals surface area (Å²) in [5.74, 6) is -0.347. The smallest absolute Gasteiger partial charge is 0.305 e. The lowest BCUT2D eigenvalue weighted by Gasteiger charge is -2.05. The van der Waals surface area contributed by atoms with E-state index in [-0.39, 0.29) is 11.9 Å². The number of fused-ring (bicyclic) bond motifs is 1. The maximum absolute atomic E-state index is 11.9. The van der Waals surface area contributed by atoms with Gasteiger partial charge in [-0.2, -0.15) is 0 Å². The number of carbonyl (C=O) groups is 2. The maximum atomic E-state index is 11.9. The number of imidazole rings is 1. The van der Waals surface area contributed by atoms with Gasteiger partial charge < -0.3 is 15.0 Å². The number of hydrogen-bond donors (Lipinski definition) is 2. The highest BCUT2D eigenvalue weighted by molar-refractivity contribution is 5.97. The van der Waals surface area contributed by atoms with Crippen LogP contribution in [-0.2, 0) is 9.53 Å². The van der Waals surface area contributed by atoms with Crippen molar-refractivity contribution < 1.29 is 14.3 Å². The van der Waals surface area contributed by atoms with Crippen LogP contribution in [0.1, 0.15) is 29.6 Å². The first-order valence-corrected chi connectivity index (χ1v) is 6.49. The van der Waals surface area contributed by atoms with Crippen LogP contribution in [-0.4, -0.2) is 35.5 Å². The number of aromatic amines is 1. The standard InChI is InChI=1S/C14H17N3O3/c1-20-13(18)4-2-3-7-15-14(19)10-5-6-11-12(8-10)17-9-16-11/h5-6,8-9H,2-4,7H2,1H3,(H,15,19)(H,16,17). The molecule has 0 aliphatic heterocycles. The van der Waals surface area contributed by atoms with Crippen molar-refractivity contribution in [2.24, 2.45) is 0 Å². The second-order valence-electron chi connectivity index (χ2n) is 4.42. The molecule has 6 nitrogen and oxygen atoms in total. The molecule has 0 saturated heterocycles. The topological polar surface area (TPSA) is 84.1 Å². The Morgan fingerprint density at radius 1 is 1.35 bits per heavy atom. The monoisotopic (exact) mass is 275 g/mol. The summed E-state index contributed by atoms with van der Waals surface area (Å²) in [6.07, 6.45) is 3.42. The first kappa shape index (κ1) is 14.0. The van der Waals surface area contributed by atoms with Crippen molar-refractivity contribution in [1.29, 1.82) is 0 Å². The molecular weight excluding hydrogens is 258 g/mol. The van der Waals surface area contributed by atoms with Gasteiger partial charge >= 0.3 is 5.97 Å². The van der Waals surface area contributed by atoms with E-state index in [1.54, 1.807) is 24.5 Å². The number of amides is 1. The first-order chi connectivity index (χ1) is 9.70. The third kappa shape index (κ3) is 3.57. The molecule has 0 aliphatic carbocycles. The van der Waals surface area contributed by atoms with Crippen LogP contribution in [0.2, 0.25) is 0 Å². The van der Waals surface area contributed by atoms with Crippen LogP contribution in [0.5, 0.6) is 0 Å². The van der Waals surface area contributed by atoms with Gasteiger partial charge in [-0.05, 0) is 31.0 Å². The van der Waals surface area contributed by atoms with E-state index in [0.717, 1.165) is 17.5 Å². The zero-order chi connectivity index (χ0) is 14.4. The molecule has 1 aromatic carbocycles. The van der Waals surface area contributed by atoms with Crippen molar-refractivity contribution in [1.82, 2.24) is 15.3 Å². The van der Waals surface area contributed by atoms with E-state index >= 15 is 0 Å². The van der Waals surface area contributed by atoms with Crippen LogP contribution in [0, 0.1) is 0 Å². The molecule has 0 unspecified atom stereocenters. The van der Waals surface area contributed by atoms with E-state index in [1.807, 2.05) is 0 Å². The molecule has 0 atom stereocenters. The van der Waals surface area contributed by atoms with Gasteiger partial charge in [0.2, 0.25) is 0 Å². The van der Waals surface area contributed by atoms with Gasteiger partial charge in [-0.25, -0.2) is 4.98 Å². The van der Waals surface area contributed by atoms with Gasteiger partial charge in [0.05, 0.1) is 24.5 Å². The second-order valence-corrected chi connectivity index (χ2v) is 4.42. The molecule has 0 aliphatic rings. The zero-order valence-electron chi connectivity index (χ0n) is 11.3. The molecular formula is C14H17N3O3. The number of carbonyl (C=O) groups excluding carboxylic acids is 2. The Morgan fingerprint density at radius 2 is 2.20 bits per heavy atom. The predicted molar refractivity (Wildman–Crippen MR) is 74.3 cm³/mol. The minimum absolute atomic E-state index is 0.125. The molecule has 0 bridgehead atoms. The number of esters is 1. The Hall–Kier alpha value is -2.37. The van der Waals surface area contributed by atoms with Crippen LogP contribution in [0.4, 0.5) is 0 Å². The van der Waals surface area contributed by atoms with E-state index < -0.39 is 0 Å². The van der Waals surface area contributed by atoms with Gasteiger partial charge in [0.25, 0.3) is 5.91 Å². The van der Waals surface area contributed by atoms with Crippen molar-refractivity contribution in [2.45, 2.75) is 19.3 Å². The van der Waals surface area contributed by atoms with Crippen molar-refractivity contribution in [3.63, 3.8) is 0 Å². The highest BCUT2D eigenvalue weighted by atomic mass is 16.5. The summed E-state index contributed by atoms with van der Waals surface area (Å²) in [6, 6.07) is 5.32. The van der Waals surface area contributed by atoms with Gasteiger partial charge in [-0.1, -0.05) is 0 Å². The van der Waals surface area contributed by atoms with Crippen LogP contribution in [0.25, 0.3) is 11.0 Å². The lowest BCUT2D eigenvalue weighted by molar-refractivity contribution is -0.140. The number of nitrogens with zero attached hydrogens (tertiary/aromatic N) is 1. The third-order valence-corrected chi connectivity index (χ3v) is 3.00. The average Bonchev–Trinajstić information content (AvgIpc) is 2.93. The SMILES string of the molecule is COC(=O)CCCCNC(=O)c1ccc2nc[nH]c2c1. The van der Waals surface area contributed by atoms with E-state index in [2.05, 4.69) is 20.0 Å². The Kier molecular flexibility index (Phi) is 4.70. The molecule has 20 heavy (non-hydrogen) atoms. The molecule has 2 rings (SSSR count). The highest BCUT2D eigenvalue weighted by Gasteiger charge is 2.07. The number of methoxy groups -OCH3 is 1. The minimum Gasteiger partial charge on any atom is -0.469 e. The Labute approximate surface area is 116 Å². The van der Waals surface area contributed by atoms with Crippen molar-refractivity contribution in [3.8, 4) is 0 Å². The van der Waals surface area contributed by atoms with Crippen molar-refractivity contribution in [2.75, 3.05) is 13.7 Å². The molecule has 2 aromatic rings. The maximum Gasteiger partial charge on any atom is 0.305 e. The molecule has 0 saturated carbocycles. The summed E-state index contributed by atoms with van der Waals surface area (Å²) in [5.41, 5.74) is 2.26. The summed E-state index contributed by atoms with van der Waals surface area (Å²) in [4.78, 5) is 29.9. The van der Waals surface area contributed by atoms with Crippen molar-refractivity contribution in [3.05, 3.63) is 30.1 Å². The lowest BCUT2D eigenvalue weighted by atomic mass is 10.2. The number of unbranched alkanes of at least 4 members (excludes halogenated alkanes) is 1. The van der Waals surface area contributed by atoms with Gasteiger partial charge in [-0.15, -0.1) is 0 Å². The fourth-order valence-electron chi connectivity index (χ4n) is 1.88. The third-order valence-electron chi connectivity index (χ3n) is 3.00. The number of benzene rings is 1. The summed E-state index contributed by atoms with van der Waals surface area (Å²) < 4.78 is 4.54. The average molecular weight is 275 g/mol. The highest BCUT2D eigenvalue weighted by Crippen LogP contribution is 2.11. The Morgan fingerprint density at radius 3 is 3.00 bits per heavy atom. The van der Waals surface area contributed by atoms with E-state index in [1.165, 1.54) is 7.11 Å². The summed E-state index contributed by atoms with van der Waals surface area (Å²) in [7, 11) is 1.37. The molecule has 0 fully saturated rings. The van der Waals surface area contributed by atoms with E-state index in [9.17, 15) is 9.59 Å². The molecule has 0 radical (unpaired) electrons. The number of H-pyrrole nitrogens is 1. The zero-order valence-corrected chi connectivity index (χ0v) is 11.3. The minimum atomic E-state index is -0.221. The number of ether oxygens (including phenoxy) is 1. The number of nitrogens with one attached hydrogen (secondary N) is 2. The first-order valence-electron chi connectivity index (χ1n) is 6.49. The van der Waals surface area contributed by atoms with Crippen molar-refractivity contribution >= 4 is 22.9 Å². The second kappa shape index (κ2) is 6.70. The predicted octanol–water partition coefficient (Wildman–Crippen LogP) is 1.64. The number of aromatic nitrogens is 2. The van der Waals surface area contributed by atoms with Gasteiger partial charge in [0.15, 0.2) is 0 Å². The number of hydrogen-bond acceptors (Lipinski definition) is 4. The molecule has 1 amide bonds. The van der Waals surface area contributed by atoms with Crippen LogP contribution >= 0.6 is 0 Å². The van der Waals surface area contributed by atoms with Gasteiger partial charge in [0, 0.05) is 18.5 Å². The quantitative estimate of drug-likeness (QED) is 0.620. The molecule has 6 heteroatoms. The summed E-state index contributed by atoms with van der Waals surface area (Å²) in [6.45, 7) is 0.539.